The molecule has 1 spiro atoms. The van der Waals surface area contributed by atoms with Crippen LogP contribution >= 0.6 is 23.5 Å². The first-order chi connectivity index (χ1) is 10.5. The Morgan fingerprint density at radius 3 is 2.59 bits per heavy atom. The van der Waals surface area contributed by atoms with Crippen molar-refractivity contribution in [3.05, 3.63) is 23.8 Å². The first-order valence-electron chi connectivity index (χ1n) is 7.93. The molecule has 1 N–H and O–H groups in total. The lowest BCUT2D eigenvalue weighted by Crippen LogP contribution is -2.55. The van der Waals surface area contributed by atoms with E-state index in [9.17, 15) is 13.2 Å². The zero-order valence-electron chi connectivity index (χ0n) is 12.7. The van der Waals surface area contributed by atoms with Crippen molar-refractivity contribution in [1.82, 2.24) is 5.32 Å². The fourth-order valence-electron chi connectivity index (χ4n) is 3.97. The molecule has 2 aliphatic heterocycles. The molecule has 2 fully saturated rings. The summed E-state index contributed by atoms with van der Waals surface area (Å²) in [6, 6.07) is 0.291. The third kappa shape index (κ3) is 3.11. The lowest BCUT2D eigenvalue weighted by Gasteiger charge is -2.47. The van der Waals surface area contributed by atoms with Gasteiger partial charge in [-0.15, -0.1) is 23.5 Å². The van der Waals surface area contributed by atoms with Crippen LogP contribution in [0.5, 0.6) is 0 Å². The van der Waals surface area contributed by atoms with E-state index in [0.29, 0.717) is 18.4 Å². The monoisotopic (exact) mass is 349 g/mol. The smallest absolute Gasteiger partial charge is 0.313 e. The lowest BCUT2D eigenvalue weighted by molar-refractivity contribution is -0.0888. The van der Waals surface area contributed by atoms with Crippen LogP contribution in [0.15, 0.2) is 23.8 Å². The summed E-state index contributed by atoms with van der Waals surface area (Å²) in [5, 5.41) is 3.61. The van der Waals surface area contributed by atoms with Crippen LogP contribution in [0.1, 0.15) is 26.2 Å². The van der Waals surface area contributed by atoms with E-state index < -0.39 is 11.7 Å². The Morgan fingerprint density at radius 2 is 2.05 bits per heavy atom. The first kappa shape index (κ1) is 16.8. The van der Waals surface area contributed by atoms with Gasteiger partial charge in [-0.05, 0) is 37.6 Å². The number of nitrogens with one attached hydrogen (secondary N) is 1. The van der Waals surface area contributed by atoms with Gasteiger partial charge < -0.3 is 5.32 Å². The van der Waals surface area contributed by atoms with E-state index in [2.05, 4.69) is 35.8 Å². The highest BCUT2D eigenvalue weighted by atomic mass is 32.2. The standard InChI is InChI=1S/C16H22F3NS2/c1-2-13-14(20-8-7-15(13)21-9-10-22-15)11-3-5-12(6-4-11)16(17,18)19/h3,5-6,11,13-14,20H,2,4,7-10H2,1H3/t11?,13-,14-/m0/s1. The van der Waals surface area contributed by atoms with E-state index in [1.165, 1.54) is 23.7 Å². The molecule has 0 aromatic carbocycles. The molecule has 3 aliphatic rings. The largest absolute Gasteiger partial charge is 0.416 e. The second kappa shape index (κ2) is 6.44. The lowest BCUT2D eigenvalue weighted by atomic mass is 9.77. The van der Waals surface area contributed by atoms with Crippen LogP contribution in [0.3, 0.4) is 0 Å². The van der Waals surface area contributed by atoms with E-state index >= 15 is 0 Å². The van der Waals surface area contributed by atoms with Crippen LogP contribution in [-0.2, 0) is 0 Å². The topological polar surface area (TPSA) is 12.0 Å². The van der Waals surface area contributed by atoms with E-state index in [0.717, 1.165) is 19.4 Å². The molecule has 0 aromatic rings. The molecule has 1 aliphatic carbocycles. The van der Waals surface area contributed by atoms with Crippen molar-refractivity contribution in [3.8, 4) is 0 Å². The van der Waals surface area contributed by atoms with Crippen LogP contribution in [0.4, 0.5) is 13.2 Å². The molecule has 2 saturated heterocycles. The Kier molecular flexibility index (Phi) is 4.91. The number of allylic oxidation sites excluding steroid dienone is 3. The van der Waals surface area contributed by atoms with Gasteiger partial charge in [0.15, 0.2) is 0 Å². The van der Waals surface area contributed by atoms with Crippen molar-refractivity contribution >= 4 is 23.5 Å². The fraction of sp³-hybridized carbons (Fsp3) is 0.750. The molecular formula is C16H22F3NS2. The molecule has 0 saturated carbocycles. The number of thioether (sulfide) groups is 2. The van der Waals surface area contributed by atoms with Crippen LogP contribution in [0.2, 0.25) is 0 Å². The van der Waals surface area contributed by atoms with Gasteiger partial charge in [-0.3, -0.25) is 0 Å². The van der Waals surface area contributed by atoms with Crippen LogP contribution in [-0.4, -0.2) is 34.3 Å². The normalized spacial score (nSPS) is 34.9. The highest BCUT2D eigenvalue weighted by Crippen LogP contribution is 2.55. The SMILES string of the molecule is CC[C@H]1[C@H](C2C=CC(C(F)(F)F)=CC2)NCCC12SCCS2. The second-order valence-electron chi connectivity index (χ2n) is 6.17. The molecule has 0 radical (unpaired) electrons. The number of halogens is 3. The predicted molar refractivity (Wildman–Crippen MR) is 89.2 cm³/mol. The molecular weight excluding hydrogens is 327 g/mol. The average molecular weight is 349 g/mol. The molecule has 3 atom stereocenters. The Morgan fingerprint density at radius 1 is 1.32 bits per heavy atom. The third-order valence-electron chi connectivity index (χ3n) is 4.99. The number of rotatable bonds is 2. The predicted octanol–water partition coefficient (Wildman–Crippen LogP) is 4.62. The quantitative estimate of drug-likeness (QED) is 0.781. The number of alkyl halides is 3. The second-order valence-corrected chi connectivity index (χ2v) is 9.28. The van der Waals surface area contributed by atoms with Gasteiger partial charge >= 0.3 is 6.18 Å². The Hall–Kier alpha value is -0.0700. The maximum absolute atomic E-state index is 12.8. The van der Waals surface area contributed by atoms with Crippen molar-refractivity contribution in [1.29, 1.82) is 0 Å². The van der Waals surface area contributed by atoms with Crippen LogP contribution in [0.25, 0.3) is 0 Å². The summed E-state index contributed by atoms with van der Waals surface area (Å²) < 4.78 is 38.5. The number of piperidine rings is 1. The molecule has 124 valence electrons. The Bertz CT molecular complexity index is 467. The van der Waals surface area contributed by atoms with Gasteiger partial charge in [0, 0.05) is 17.5 Å². The molecule has 1 unspecified atom stereocenters. The summed E-state index contributed by atoms with van der Waals surface area (Å²) in [6.07, 6.45) is 2.95. The van der Waals surface area contributed by atoms with Gasteiger partial charge in [-0.1, -0.05) is 25.2 Å². The van der Waals surface area contributed by atoms with Gasteiger partial charge in [0.1, 0.15) is 0 Å². The molecule has 6 heteroatoms. The number of hydrogen-bond acceptors (Lipinski definition) is 3. The summed E-state index contributed by atoms with van der Waals surface area (Å²) in [7, 11) is 0. The van der Waals surface area contributed by atoms with Crippen molar-refractivity contribution < 1.29 is 13.2 Å². The third-order valence-corrected chi connectivity index (χ3v) is 8.76. The summed E-state index contributed by atoms with van der Waals surface area (Å²) in [5.74, 6) is 3.10. The fourth-order valence-corrected chi connectivity index (χ4v) is 7.71. The van der Waals surface area contributed by atoms with Gasteiger partial charge in [-0.25, -0.2) is 0 Å². The number of hydrogen-bond donors (Lipinski definition) is 1. The zero-order chi connectivity index (χ0) is 15.8. The van der Waals surface area contributed by atoms with Crippen molar-refractivity contribution in [2.75, 3.05) is 18.1 Å². The molecule has 22 heavy (non-hydrogen) atoms. The van der Waals surface area contributed by atoms with E-state index in [-0.39, 0.29) is 10.00 Å². The maximum Gasteiger partial charge on any atom is 0.416 e. The minimum Gasteiger partial charge on any atom is -0.313 e. The molecule has 0 bridgehead atoms. The minimum atomic E-state index is -4.22. The zero-order valence-corrected chi connectivity index (χ0v) is 14.3. The first-order valence-corrected chi connectivity index (χ1v) is 9.90. The Balaban J connectivity index is 1.75. The van der Waals surface area contributed by atoms with Crippen molar-refractivity contribution in [2.45, 2.75) is 42.5 Å². The van der Waals surface area contributed by atoms with Gasteiger partial charge in [-0.2, -0.15) is 13.2 Å². The molecule has 3 rings (SSSR count). The highest BCUT2D eigenvalue weighted by molar-refractivity contribution is 8.21. The summed E-state index contributed by atoms with van der Waals surface area (Å²) in [5.41, 5.74) is -0.494. The Labute approximate surface area is 138 Å². The average Bonchev–Trinajstić information content (AvgIpc) is 2.95. The summed E-state index contributed by atoms with van der Waals surface area (Å²) in [6.45, 7) is 3.19. The molecule has 1 nitrogen and oxygen atoms in total. The van der Waals surface area contributed by atoms with Gasteiger partial charge in [0.25, 0.3) is 0 Å². The summed E-state index contributed by atoms with van der Waals surface area (Å²) in [4.78, 5) is 0. The van der Waals surface area contributed by atoms with Crippen LogP contribution in [0, 0.1) is 11.8 Å². The molecule has 0 aromatic heterocycles. The van der Waals surface area contributed by atoms with E-state index in [1.54, 1.807) is 6.08 Å². The molecule has 2 heterocycles. The van der Waals surface area contributed by atoms with Crippen LogP contribution < -0.4 is 5.32 Å². The van der Waals surface area contributed by atoms with E-state index in [4.69, 9.17) is 0 Å². The van der Waals surface area contributed by atoms with E-state index in [1.807, 2.05) is 0 Å². The highest BCUT2D eigenvalue weighted by Gasteiger charge is 2.49. The minimum absolute atomic E-state index is 0.176. The maximum atomic E-state index is 12.8. The van der Waals surface area contributed by atoms with Crippen molar-refractivity contribution in [3.63, 3.8) is 0 Å². The van der Waals surface area contributed by atoms with Crippen molar-refractivity contribution in [2.24, 2.45) is 11.8 Å². The van der Waals surface area contributed by atoms with Gasteiger partial charge in [0.05, 0.1) is 9.65 Å². The summed E-state index contributed by atoms with van der Waals surface area (Å²) >= 11 is 4.15. The molecule has 0 amide bonds. The van der Waals surface area contributed by atoms with Gasteiger partial charge in [0.2, 0.25) is 0 Å².